The third-order valence-electron chi connectivity index (χ3n) is 6.68. The van der Waals surface area contributed by atoms with E-state index in [0.29, 0.717) is 17.9 Å². The summed E-state index contributed by atoms with van der Waals surface area (Å²) in [6.07, 6.45) is 6.85. The maximum Gasteiger partial charge on any atom is 0.320 e. The van der Waals surface area contributed by atoms with E-state index in [-0.39, 0.29) is 29.0 Å². The monoisotopic (exact) mass is 387 g/mol. The average Bonchev–Trinajstić information content (AvgIpc) is 3.44. The second kappa shape index (κ2) is 6.48. The molecular weight excluding hydrogens is 366 g/mol. The number of nitrogens with zero attached hydrogens (tertiary/aromatic N) is 7. The van der Waals surface area contributed by atoms with Gasteiger partial charge in [-0.1, -0.05) is 24.4 Å². The summed E-state index contributed by atoms with van der Waals surface area (Å²) in [7, 11) is 0. The van der Waals surface area contributed by atoms with Crippen LogP contribution in [0.3, 0.4) is 0 Å². The summed E-state index contributed by atoms with van der Waals surface area (Å²) in [6, 6.07) is 2.93. The zero-order valence-corrected chi connectivity index (χ0v) is 15.8. The molecule has 3 unspecified atom stereocenters. The Balaban J connectivity index is 1.34. The molecule has 4 aliphatic rings. The molecule has 1 aromatic heterocycles. The highest BCUT2D eigenvalue weighted by atomic mass is 35.5. The Labute approximate surface area is 163 Å². The van der Waals surface area contributed by atoms with E-state index in [0.717, 1.165) is 45.3 Å². The molecule has 3 heterocycles. The molecule has 142 valence electrons. The van der Waals surface area contributed by atoms with Gasteiger partial charge in [0.25, 0.3) is 0 Å². The first-order valence-electron chi connectivity index (χ1n) is 9.80. The number of nitriles is 1. The second-order valence-corrected chi connectivity index (χ2v) is 8.45. The normalized spacial score (nSPS) is 30.6. The van der Waals surface area contributed by atoms with Crippen molar-refractivity contribution in [2.24, 2.45) is 5.92 Å². The number of anilines is 1. The van der Waals surface area contributed by atoms with E-state index in [4.69, 9.17) is 16.9 Å². The lowest BCUT2D eigenvalue weighted by Gasteiger charge is -2.38. The highest BCUT2D eigenvalue weighted by Crippen LogP contribution is 2.43. The first kappa shape index (κ1) is 17.0. The summed E-state index contributed by atoms with van der Waals surface area (Å²) >= 11 is 6.05. The van der Waals surface area contributed by atoms with Crippen LogP contribution in [0, 0.1) is 17.2 Å². The second-order valence-electron chi connectivity index (χ2n) is 8.10. The topological polar surface area (TPSA) is 89.3 Å². The quantitative estimate of drug-likeness (QED) is 0.788. The molecule has 0 aromatic carbocycles. The molecule has 2 amide bonds. The van der Waals surface area contributed by atoms with Crippen molar-refractivity contribution >= 4 is 23.6 Å². The molecule has 9 heteroatoms. The lowest BCUT2D eigenvalue weighted by Crippen LogP contribution is -2.52. The van der Waals surface area contributed by atoms with Gasteiger partial charge in [0.05, 0.1) is 12.1 Å². The number of fused-ring (bicyclic) bond motifs is 2. The van der Waals surface area contributed by atoms with Crippen LogP contribution in [0.15, 0.2) is 0 Å². The summed E-state index contributed by atoms with van der Waals surface area (Å²) < 4.78 is 0. The fourth-order valence-corrected chi connectivity index (χ4v) is 5.63. The Morgan fingerprint density at radius 1 is 1.04 bits per heavy atom. The van der Waals surface area contributed by atoms with Crippen LogP contribution in [0.25, 0.3) is 0 Å². The van der Waals surface area contributed by atoms with Crippen molar-refractivity contribution in [1.82, 2.24) is 25.0 Å². The number of amides is 2. The number of rotatable bonds is 3. The van der Waals surface area contributed by atoms with E-state index < -0.39 is 0 Å². The van der Waals surface area contributed by atoms with E-state index in [1.54, 1.807) is 0 Å². The number of piperidine rings is 1. The van der Waals surface area contributed by atoms with Gasteiger partial charge in [-0.2, -0.15) is 10.2 Å². The number of carbonyl (C=O) groups excluding carboxylic acids is 1. The summed E-state index contributed by atoms with van der Waals surface area (Å²) in [5, 5.41) is 17.1. The van der Waals surface area contributed by atoms with Gasteiger partial charge in [-0.3, -0.25) is 0 Å². The lowest BCUT2D eigenvalue weighted by atomic mass is 10.0. The van der Waals surface area contributed by atoms with Crippen LogP contribution in [-0.2, 0) is 0 Å². The van der Waals surface area contributed by atoms with Crippen molar-refractivity contribution in [1.29, 1.82) is 5.26 Å². The molecule has 4 fully saturated rings. The average molecular weight is 388 g/mol. The van der Waals surface area contributed by atoms with Crippen molar-refractivity contribution < 1.29 is 4.79 Å². The predicted molar refractivity (Wildman–Crippen MR) is 98.3 cm³/mol. The van der Waals surface area contributed by atoms with Crippen LogP contribution >= 0.6 is 11.6 Å². The standard InChI is InChI=1S/C18H22ClN7O/c19-16-13(9-20)22-23-17(21-16)26-10-11-7-14(15(26)8-11)25-6-5-24(18(25)27)12-3-1-2-4-12/h11-12,14-15H,1-8,10H2. The van der Waals surface area contributed by atoms with Crippen LogP contribution in [0.5, 0.6) is 0 Å². The zero-order valence-electron chi connectivity index (χ0n) is 15.1. The highest BCUT2D eigenvalue weighted by molar-refractivity contribution is 6.30. The minimum Gasteiger partial charge on any atom is -0.334 e. The predicted octanol–water partition coefficient (Wildman–Crippen LogP) is 2.04. The third kappa shape index (κ3) is 2.71. The van der Waals surface area contributed by atoms with Gasteiger partial charge in [0.1, 0.15) is 6.07 Å². The number of hydrogen-bond donors (Lipinski definition) is 0. The molecule has 8 nitrogen and oxygen atoms in total. The Kier molecular flexibility index (Phi) is 4.08. The van der Waals surface area contributed by atoms with Crippen molar-refractivity contribution in [3.05, 3.63) is 10.8 Å². The summed E-state index contributed by atoms with van der Waals surface area (Å²) in [5.41, 5.74) is 0.0447. The molecule has 0 spiro atoms. The smallest absolute Gasteiger partial charge is 0.320 e. The van der Waals surface area contributed by atoms with E-state index in [1.807, 2.05) is 6.07 Å². The van der Waals surface area contributed by atoms with Gasteiger partial charge in [-0.15, -0.1) is 10.2 Å². The fourth-order valence-electron chi connectivity index (χ4n) is 5.48. The van der Waals surface area contributed by atoms with Crippen LogP contribution < -0.4 is 4.90 Å². The molecule has 2 saturated heterocycles. The van der Waals surface area contributed by atoms with Gasteiger partial charge >= 0.3 is 6.03 Å². The van der Waals surface area contributed by atoms with E-state index >= 15 is 0 Å². The summed E-state index contributed by atoms with van der Waals surface area (Å²) in [6.45, 7) is 2.52. The fraction of sp³-hybridized carbons (Fsp3) is 0.722. The maximum atomic E-state index is 13.1. The minimum absolute atomic E-state index is 0.0447. The van der Waals surface area contributed by atoms with Crippen molar-refractivity contribution in [3.63, 3.8) is 0 Å². The number of hydrogen-bond acceptors (Lipinski definition) is 6. The molecule has 5 rings (SSSR count). The lowest BCUT2D eigenvalue weighted by molar-refractivity contribution is 0.158. The Hall–Kier alpha value is -2.14. The van der Waals surface area contributed by atoms with Crippen molar-refractivity contribution in [2.45, 2.75) is 56.7 Å². The Morgan fingerprint density at radius 3 is 2.41 bits per heavy atom. The van der Waals surface area contributed by atoms with Crippen LogP contribution in [-0.4, -0.2) is 68.8 Å². The summed E-state index contributed by atoms with van der Waals surface area (Å²) in [5.74, 6) is 1.00. The molecule has 3 atom stereocenters. The largest absolute Gasteiger partial charge is 0.334 e. The van der Waals surface area contributed by atoms with Crippen molar-refractivity contribution in [2.75, 3.05) is 24.5 Å². The van der Waals surface area contributed by atoms with Crippen molar-refractivity contribution in [3.8, 4) is 6.07 Å². The Bertz CT molecular complexity index is 805. The molecule has 2 aliphatic carbocycles. The first-order chi connectivity index (χ1) is 13.2. The van der Waals surface area contributed by atoms with Crippen LogP contribution in [0.2, 0.25) is 5.15 Å². The van der Waals surface area contributed by atoms with E-state index in [1.165, 1.54) is 12.8 Å². The van der Waals surface area contributed by atoms with E-state index in [9.17, 15) is 4.79 Å². The van der Waals surface area contributed by atoms with E-state index in [2.05, 4.69) is 29.9 Å². The zero-order chi connectivity index (χ0) is 18.5. The maximum absolute atomic E-state index is 13.1. The van der Waals surface area contributed by atoms with Gasteiger partial charge in [0, 0.05) is 25.7 Å². The number of halogens is 1. The molecule has 27 heavy (non-hydrogen) atoms. The highest BCUT2D eigenvalue weighted by Gasteiger charge is 2.51. The summed E-state index contributed by atoms with van der Waals surface area (Å²) in [4.78, 5) is 23.7. The molecule has 0 N–H and O–H groups in total. The molecular formula is C18H22ClN7O. The van der Waals surface area contributed by atoms with Gasteiger partial charge in [0.2, 0.25) is 5.95 Å². The Morgan fingerprint density at radius 2 is 1.74 bits per heavy atom. The molecule has 0 radical (unpaired) electrons. The van der Waals surface area contributed by atoms with Crippen LogP contribution in [0.1, 0.15) is 44.2 Å². The van der Waals surface area contributed by atoms with Gasteiger partial charge in [-0.25, -0.2) is 4.79 Å². The first-order valence-corrected chi connectivity index (χ1v) is 10.2. The third-order valence-corrected chi connectivity index (χ3v) is 6.95. The van der Waals surface area contributed by atoms with Crippen LogP contribution in [0.4, 0.5) is 10.7 Å². The minimum atomic E-state index is 0.0447. The van der Waals surface area contributed by atoms with Gasteiger partial charge in [-0.05, 0) is 31.6 Å². The number of urea groups is 1. The molecule has 2 saturated carbocycles. The van der Waals surface area contributed by atoms with Gasteiger partial charge in [0.15, 0.2) is 10.8 Å². The number of aromatic nitrogens is 3. The molecule has 2 aliphatic heterocycles. The van der Waals surface area contributed by atoms with Gasteiger partial charge < -0.3 is 14.7 Å². The number of carbonyl (C=O) groups is 1. The SMILES string of the molecule is N#Cc1nnc(N2CC3CC(N4CCN(C5CCCC5)C4=O)C2C3)nc1Cl. The molecule has 2 bridgehead atoms. The molecule has 1 aromatic rings.